The molecule has 106 valence electrons. The Morgan fingerprint density at radius 1 is 1.35 bits per heavy atom. The van der Waals surface area contributed by atoms with E-state index in [1.54, 1.807) is 6.92 Å². The van der Waals surface area contributed by atoms with Gasteiger partial charge in [0.25, 0.3) is 5.91 Å². The fourth-order valence-corrected chi connectivity index (χ4v) is 2.30. The highest BCUT2D eigenvalue weighted by molar-refractivity contribution is 9.10. The standard InChI is InChI=1S/C15H17BrN2O2/c1-8(2)14-13(10(4)18-20-14)15(19)17-11-6-5-9(3)12(16)7-11/h5-8H,1-4H3,(H,17,19). The summed E-state index contributed by atoms with van der Waals surface area (Å²) in [6.07, 6.45) is 0. The zero-order valence-corrected chi connectivity index (χ0v) is 13.5. The molecule has 0 radical (unpaired) electrons. The van der Waals surface area contributed by atoms with Crippen molar-refractivity contribution in [3.8, 4) is 0 Å². The Morgan fingerprint density at radius 2 is 2.05 bits per heavy atom. The maximum Gasteiger partial charge on any atom is 0.261 e. The molecule has 1 aromatic carbocycles. The second kappa shape index (κ2) is 5.79. The number of nitrogens with zero attached hydrogens (tertiary/aromatic N) is 1. The van der Waals surface area contributed by atoms with Gasteiger partial charge in [-0.2, -0.15) is 0 Å². The molecule has 0 aliphatic heterocycles. The van der Waals surface area contributed by atoms with Gasteiger partial charge in [0, 0.05) is 16.1 Å². The van der Waals surface area contributed by atoms with Gasteiger partial charge >= 0.3 is 0 Å². The number of rotatable bonds is 3. The number of aromatic nitrogens is 1. The van der Waals surface area contributed by atoms with Crippen molar-refractivity contribution in [2.75, 3.05) is 5.32 Å². The van der Waals surface area contributed by atoms with Gasteiger partial charge in [0.05, 0.1) is 5.69 Å². The van der Waals surface area contributed by atoms with Gasteiger partial charge in [-0.05, 0) is 31.5 Å². The van der Waals surface area contributed by atoms with Crippen molar-refractivity contribution >= 4 is 27.5 Å². The van der Waals surface area contributed by atoms with Gasteiger partial charge in [0.1, 0.15) is 5.56 Å². The van der Waals surface area contributed by atoms with Crippen molar-refractivity contribution in [1.29, 1.82) is 0 Å². The minimum Gasteiger partial charge on any atom is -0.360 e. The molecule has 2 rings (SSSR count). The van der Waals surface area contributed by atoms with Crippen LogP contribution in [0.25, 0.3) is 0 Å². The predicted molar refractivity (Wildman–Crippen MR) is 82.2 cm³/mol. The van der Waals surface area contributed by atoms with Crippen molar-refractivity contribution in [3.63, 3.8) is 0 Å². The van der Waals surface area contributed by atoms with Gasteiger partial charge in [-0.1, -0.05) is 41.0 Å². The van der Waals surface area contributed by atoms with E-state index in [9.17, 15) is 4.79 Å². The molecular formula is C15H17BrN2O2. The van der Waals surface area contributed by atoms with Crippen LogP contribution < -0.4 is 5.32 Å². The van der Waals surface area contributed by atoms with Gasteiger partial charge in [0.15, 0.2) is 5.76 Å². The zero-order valence-electron chi connectivity index (χ0n) is 12.0. The number of amides is 1. The van der Waals surface area contributed by atoms with Crippen LogP contribution in [0, 0.1) is 13.8 Å². The molecule has 0 spiro atoms. The predicted octanol–water partition coefficient (Wildman–Crippen LogP) is 4.43. The van der Waals surface area contributed by atoms with Crippen LogP contribution in [0.3, 0.4) is 0 Å². The van der Waals surface area contributed by atoms with E-state index in [2.05, 4.69) is 26.4 Å². The average Bonchev–Trinajstić information content (AvgIpc) is 2.76. The molecule has 0 bridgehead atoms. The van der Waals surface area contributed by atoms with Crippen molar-refractivity contribution in [2.45, 2.75) is 33.6 Å². The molecule has 0 saturated heterocycles. The number of halogens is 1. The third kappa shape index (κ3) is 2.93. The molecule has 0 fully saturated rings. The summed E-state index contributed by atoms with van der Waals surface area (Å²) in [5.74, 6) is 0.538. The van der Waals surface area contributed by atoms with Gasteiger partial charge in [-0.3, -0.25) is 4.79 Å². The van der Waals surface area contributed by atoms with Crippen molar-refractivity contribution in [1.82, 2.24) is 5.16 Å². The van der Waals surface area contributed by atoms with Crippen LogP contribution in [0.5, 0.6) is 0 Å². The number of anilines is 1. The summed E-state index contributed by atoms with van der Waals surface area (Å²) in [4.78, 5) is 12.4. The molecule has 5 heteroatoms. The normalized spacial score (nSPS) is 10.9. The number of benzene rings is 1. The van der Waals surface area contributed by atoms with Crippen molar-refractivity contribution < 1.29 is 9.32 Å². The van der Waals surface area contributed by atoms with Gasteiger partial charge < -0.3 is 9.84 Å². The molecule has 1 N–H and O–H groups in total. The van der Waals surface area contributed by atoms with Gasteiger partial charge in [-0.25, -0.2) is 0 Å². The average molecular weight is 337 g/mol. The van der Waals surface area contributed by atoms with Crippen LogP contribution in [0.1, 0.15) is 47.1 Å². The lowest BCUT2D eigenvalue weighted by Gasteiger charge is -2.08. The van der Waals surface area contributed by atoms with E-state index in [0.29, 0.717) is 17.0 Å². The first-order valence-corrected chi connectivity index (χ1v) is 7.23. The first-order valence-electron chi connectivity index (χ1n) is 6.43. The molecule has 0 aliphatic rings. The maximum absolute atomic E-state index is 12.4. The SMILES string of the molecule is Cc1ccc(NC(=O)c2c(C)noc2C(C)C)cc1Br. The summed E-state index contributed by atoms with van der Waals surface area (Å²) < 4.78 is 6.20. The van der Waals surface area contributed by atoms with E-state index in [0.717, 1.165) is 15.7 Å². The van der Waals surface area contributed by atoms with Crippen LogP contribution in [-0.2, 0) is 0 Å². The largest absolute Gasteiger partial charge is 0.360 e. The minimum atomic E-state index is -0.191. The highest BCUT2D eigenvalue weighted by Gasteiger charge is 2.22. The molecule has 4 nitrogen and oxygen atoms in total. The monoisotopic (exact) mass is 336 g/mol. The summed E-state index contributed by atoms with van der Waals surface area (Å²) in [7, 11) is 0. The Hall–Kier alpha value is -1.62. The second-order valence-electron chi connectivity index (χ2n) is 5.08. The third-order valence-electron chi connectivity index (χ3n) is 3.07. The molecule has 2 aromatic rings. The smallest absolute Gasteiger partial charge is 0.261 e. The number of hydrogen-bond donors (Lipinski definition) is 1. The topological polar surface area (TPSA) is 55.1 Å². The lowest BCUT2D eigenvalue weighted by molar-refractivity contribution is 0.102. The molecule has 1 aromatic heterocycles. The van der Waals surface area contributed by atoms with Crippen LogP contribution in [-0.4, -0.2) is 11.1 Å². The quantitative estimate of drug-likeness (QED) is 0.901. The highest BCUT2D eigenvalue weighted by Crippen LogP contribution is 2.25. The Kier molecular flexibility index (Phi) is 4.28. The molecule has 0 atom stereocenters. The van der Waals surface area contributed by atoms with Crippen LogP contribution in [0.2, 0.25) is 0 Å². The molecule has 0 aliphatic carbocycles. The third-order valence-corrected chi connectivity index (χ3v) is 3.92. The molecule has 1 amide bonds. The number of carbonyl (C=O) groups is 1. The fraction of sp³-hybridized carbons (Fsp3) is 0.333. The lowest BCUT2D eigenvalue weighted by Crippen LogP contribution is -2.14. The summed E-state index contributed by atoms with van der Waals surface area (Å²) in [5, 5.41) is 6.77. The van der Waals surface area contributed by atoms with Crippen molar-refractivity contribution in [2.24, 2.45) is 0 Å². The van der Waals surface area contributed by atoms with Gasteiger partial charge in [-0.15, -0.1) is 0 Å². The van der Waals surface area contributed by atoms with Crippen LogP contribution >= 0.6 is 15.9 Å². The van der Waals surface area contributed by atoms with Crippen LogP contribution in [0.4, 0.5) is 5.69 Å². The first kappa shape index (κ1) is 14.8. The van der Waals surface area contributed by atoms with E-state index >= 15 is 0 Å². The van der Waals surface area contributed by atoms with E-state index in [1.807, 2.05) is 39.0 Å². The summed E-state index contributed by atoms with van der Waals surface area (Å²) >= 11 is 3.45. The fourth-order valence-electron chi connectivity index (χ4n) is 1.92. The summed E-state index contributed by atoms with van der Waals surface area (Å²) in [5.41, 5.74) is 2.99. The number of hydrogen-bond acceptors (Lipinski definition) is 3. The first-order chi connectivity index (χ1) is 9.40. The zero-order chi connectivity index (χ0) is 14.9. The Bertz CT molecular complexity index is 647. The Balaban J connectivity index is 2.28. The maximum atomic E-state index is 12.4. The van der Waals surface area contributed by atoms with Crippen molar-refractivity contribution in [3.05, 3.63) is 45.3 Å². The summed E-state index contributed by atoms with van der Waals surface area (Å²) in [6, 6.07) is 5.70. The Labute approximate surface area is 126 Å². The molecular weight excluding hydrogens is 320 g/mol. The molecule has 0 unspecified atom stereocenters. The van der Waals surface area contributed by atoms with E-state index < -0.39 is 0 Å². The van der Waals surface area contributed by atoms with E-state index in [4.69, 9.17) is 4.52 Å². The second-order valence-corrected chi connectivity index (χ2v) is 5.93. The Morgan fingerprint density at radius 3 is 2.65 bits per heavy atom. The number of carbonyl (C=O) groups excluding carboxylic acids is 1. The highest BCUT2D eigenvalue weighted by atomic mass is 79.9. The van der Waals surface area contributed by atoms with E-state index in [1.165, 1.54) is 0 Å². The minimum absolute atomic E-state index is 0.113. The lowest BCUT2D eigenvalue weighted by atomic mass is 10.0. The molecule has 20 heavy (non-hydrogen) atoms. The number of nitrogens with one attached hydrogen (secondary N) is 1. The summed E-state index contributed by atoms with van der Waals surface area (Å²) in [6.45, 7) is 7.71. The molecule has 1 heterocycles. The van der Waals surface area contributed by atoms with E-state index in [-0.39, 0.29) is 11.8 Å². The van der Waals surface area contributed by atoms with Gasteiger partial charge in [0.2, 0.25) is 0 Å². The number of aryl methyl sites for hydroxylation is 2. The molecule has 0 saturated carbocycles. The van der Waals surface area contributed by atoms with Crippen LogP contribution in [0.15, 0.2) is 27.2 Å².